The molecule has 0 spiro atoms. The number of nitrogens with one attached hydrogen (secondary N) is 2. The number of amides is 1. The highest BCUT2D eigenvalue weighted by Crippen LogP contribution is 2.14. The third kappa shape index (κ3) is 8.72. The number of benzene rings is 1. The van der Waals surface area contributed by atoms with Gasteiger partial charge in [-0.15, -0.1) is 0 Å². The van der Waals surface area contributed by atoms with Gasteiger partial charge in [-0.1, -0.05) is 17.7 Å². The molecule has 0 aliphatic carbocycles. The van der Waals surface area contributed by atoms with Gasteiger partial charge in [-0.3, -0.25) is 4.79 Å². The Morgan fingerprint density at radius 1 is 1.10 bits per heavy atom. The molecule has 1 aromatic carbocycles. The first kappa shape index (κ1) is 22.9. The first-order valence-corrected chi connectivity index (χ1v) is 9.57. The minimum Gasteiger partial charge on any atom is -0.457 e. The Morgan fingerprint density at radius 2 is 1.80 bits per heavy atom. The lowest BCUT2D eigenvalue weighted by Gasteiger charge is -2.19. The van der Waals surface area contributed by atoms with E-state index in [4.69, 9.17) is 15.2 Å². The van der Waals surface area contributed by atoms with Crippen molar-refractivity contribution in [1.29, 1.82) is 0 Å². The van der Waals surface area contributed by atoms with Gasteiger partial charge >= 0.3 is 12.1 Å². The molecular formula is C20H28N6O4. The predicted molar refractivity (Wildman–Crippen MR) is 112 cm³/mol. The fraction of sp³-hybridized carbons (Fsp3) is 0.450. The summed E-state index contributed by atoms with van der Waals surface area (Å²) in [6, 6.07) is 7.68. The molecule has 1 heterocycles. The third-order valence-corrected chi connectivity index (χ3v) is 3.59. The molecule has 1 aromatic heterocycles. The maximum absolute atomic E-state index is 11.9. The molecule has 0 atom stereocenters. The molecule has 30 heavy (non-hydrogen) atoms. The van der Waals surface area contributed by atoms with Crippen LogP contribution in [0.5, 0.6) is 0 Å². The van der Waals surface area contributed by atoms with Crippen molar-refractivity contribution in [2.75, 3.05) is 17.6 Å². The molecule has 0 saturated heterocycles. The normalized spacial score (nSPS) is 10.9. The average molecular weight is 416 g/mol. The maximum atomic E-state index is 11.9. The number of nitrogens with two attached hydrogens (primary N) is 1. The fourth-order valence-electron chi connectivity index (χ4n) is 2.28. The van der Waals surface area contributed by atoms with Crippen LogP contribution in [0.4, 0.5) is 22.4 Å². The summed E-state index contributed by atoms with van der Waals surface area (Å²) in [6.45, 7) is 7.49. The van der Waals surface area contributed by atoms with Crippen LogP contribution in [0.1, 0.15) is 45.0 Å². The highest BCUT2D eigenvalue weighted by Gasteiger charge is 2.15. The number of ether oxygens (including phenoxy) is 2. The summed E-state index contributed by atoms with van der Waals surface area (Å²) in [4.78, 5) is 35.7. The Balaban J connectivity index is 1.77. The summed E-state index contributed by atoms with van der Waals surface area (Å²) in [5.74, 6) is 0.0801. The second-order valence-electron chi connectivity index (χ2n) is 7.62. The van der Waals surface area contributed by atoms with Crippen LogP contribution in [0.2, 0.25) is 0 Å². The Kier molecular flexibility index (Phi) is 7.90. The van der Waals surface area contributed by atoms with Gasteiger partial charge in [0.2, 0.25) is 11.9 Å². The summed E-state index contributed by atoms with van der Waals surface area (Å²) >= 11 is 0. The van der Waals surface area contributed by atoms with Gasteiger partial charge < -0.3 is 25.8 Å². The van der Waals surface area contributed by atoms with E-state index in [-0.39, 0.29) is 30.7 Å². The third-order valence-electron chi connectivity index (χ3n) is 3.59. The van der Waals surface area contributed by atoms with E-state index in [1.54, 1.807) is 20.8 Å². The van der Waals surface area contributed by atoms with Crippen molar-refractivity contribution in [2.45, 2.75) is 52.7 Å². The number of rotatable bonds is 8. The molecule has 0 aliphatic rings. The largest absolute Gasteiger partial charge is 0.457 e. The molecule has 10 heteroatoms. The van der Waals surface area contributed by atoms with Crippen molar-refractivity contribution >= 4 is 29.6 Å². The molecule has 4 N–H and O–H groups in total. The van der Waals surface area contributed by atoms with E-state index in [1.807, 2.05) is 31.2 Å². The van der Waals surface area contributed by atoms with Crippen LogP contribution in [-0.4, -0.2) is 39.2 Å². The number of carbonyl (C=O) groups excluding carboxylic acids is 2. The molecule has 0 unspecified atom stereocenters. The van der Waals surface area contributed by atoms with E-state index >= 15 is 0 Å². The van der Waals surface area contributed by atoms with Gasteiger partial charge in [0.25, 0.3) is 0 Å². The molecule has 0 aliphatic heterocycles. The van der Waals surface area contributed by atoms with E-state index in [9.17, 15) is 9.59 Å². The van der Waals surface area contributed by atoms with Gasteiger partial charge in [0.15, 0.2) is 12.4 Å². The number of hydrogen-bond donors (Lipinski definition) is 3. The number of carbonyl (C=O) groups is 2. The minimum absolute atomic E-state index is 0.0206. The molecule has 2 rings (SSSR count). The minimum atomic E-state index is -0.567. The van der Waals surface area contributed by atoms with Crippen LogP contribution < -0.4 is 16.4 Å². The number of esters is 1. The summed E-state index contributed by atoms with van der Waals surface area (Å²) in [5.41, 5.74) is 7.08. The Labute approximate surface area is 175 Å². The summed E-state index contributed by atoms with van der Waals surface area (Å²) in [5, 5.41) is 5.62. The van der Waals surface area contributed by atoms with Crippen molar-refractivity contribution < 1.29 is 19.1 Å². The van der Waals surface area contributed by atoms with E-state index in [0.29, 0.717) is 13.0 Å². The van der Waals surface area contributed by atoms with Crippen molar-refractivity contribution in [3.05, 3.63) is 35.7 Å². The van der Waals surface area contributed by atoms with Crippen LogP contribution in [0.3, 0.4) is 0 Å². The van der Waals surface area contributed by atoms with E-state index in [2.05, 4.69) is 25.6 Å². The zero-order valence-electron chi connectivity index (χ0n) is 17.7. The van der Waals surface area contributed by atoms with E-state index in [0.717, 1.165) is 11.3 Å². The molecule has 10 nitrogen and oxygen atoms in total. The van der Waals surface area contributed by atoms with Crippen LogP contribution in [-0.2, 0) is 20.9 Å². The lowest BCUT2D eigenvalue weighted by Crippen LogP contribution is -2.33. The van der Waals surface area contributed by atoms with Gasteiger partial charge in [-0.25, -0.2) is 4.79 Å². The van der Waals surface area contributed by atoms with Crippen molar-refractivity contribution in [3.63, 3.8) is 0 Å². The number of alkyl carbamates (subject to hydrolysis) is 1. The summed E-state index contributed by atoms with van der Waals surface area (Å²) in [6.07, 6.45) is 0.0211. The zero-order chi connectivity index (χ0) is 22.1. The number of hydrogen-bond acceptors (Lipinski definition) is 9. The van der Waals surface area contributed by atoms with Crippen LogP contribution in [0, 0.1) is 6.92 Å². The van der Waals surface area contributed by atoms with Crippen LogP contribution >= 0.6 is 0 Å². The lowest BCUT2D eigenvalue weighted by atomic mass is 10.2. The van der Waals surface area contributed by atoms with Gasteiger partial charge in [-0.2, -0.15) is 15.0 Å². The summed E-state index contributed by atoms with van der Waals surface area (Å²) < 4.78 is 10.3. The molecule has 0 radical (unpaired) electrons. The second kappa shape index (κ2) is 10.4. The molecule has 1 amide bonds. The highest BCUT2D eigenvalue weighted by molar-refractivity contribution is 5.70. The SMILES string of the molecule is Cc1ccc(Nc2nc(N)nc(COC(=O)CCCNC(=O)OC(C)(C)C)n2)cc1. The molecule has 0 fully saturated rings. The van der Waals surface area contributed by atoms with E-state index < -0.39 is 17.7 Å². The second-order valence-corrected chi connectivity index (χ2v) is 7.62. The fourth-order valence-corrected chi connectivity index (χ4v) is 2.28. The number of aromatic nitrogens is 3. The van der Waals surface area contributed by atoms with Gasteiger partial charge in [0, 0.05) is 18.7 Å². The number of aryl methyl sites for hydroxylation is 1. The van der Waals surface area contributed by atoms with Crippen LogP contribution in [0.25, 0.3) is 0 Å². The monoisotopic (exact) mass is 416 g/mol. The first-order valence-electron chi connectivity index (χ1n) is 9.57. The predicted octanol–water partition coefficient (Wildman–Crippen LogP) is 2.85. The van der Waals surface area contributed by atoms with Crippen molar-refractivity contribution in [2.24, 2.45) is 0 Å². The van der Waals surface area contributed by atoms with Crippen molar-refractivity contribution in [1.82, 2.24) is 20.3 Å². The molecule has 0 bridgehead atoms. The molecule has 2 aromatic rings. The first-order chi connectivity index (χ1) is 14.1. The number of anilines is 3. The number of nitrogen functional groups attached to an aromatic ring is 1. The number of nitrogens with zero attached hydrogens (tertiary/aromatic N) is 3. The highest BCUT2D eigenvalue weighted by atomic mass is 16.6. The Morgan fingerprint density at radius 3 is 2.47 bits per heavy atom. The van der Waals surface area contributed by atoms with Gasteiger partial charge in [-0.05, 0) is 46.2 Å². The van der Waals surface area contributed by atoms with Gasteiger partial charge in [0.05, 0.1) is 0 Å². The standard InChI is InChI=1S/C20H28N6O4/c1-13-7-9-14(10-8-13)23-18-25-15(24-17(21)26-18)12-29-16(27)6-5-11-22-19(28)30-20(2,3)4/h7-10H,5-6,11-12H2,1-4H3,(H,22,28)(H3,21,23,24,25,26). The quantitative estimate of drug-likeness (QED) is 0.437. The maximum Gasteiger partial charge on any atom is 0.407 e. The van der Waals surface area contributed by atoms with Crippen molar-refractivity contribution in [3.8, 4) is 0 Å². The molecule has 162 valence electrons. The zero-order valence-corrected chi connectivity index (χ0v) is 17.7. The summed E-state index contributed by atoms with van der Waals surface area (Å²) in [7, 11) is 0. The van der Waals surface area contributed by atoms with E-state index in [1.165, 1.54) is 0 Å². The lowest BCUT2D eigenvalue weighted by molar-refractivity contribution is -0.145. The Hall–Kier alpha value is -3.43. The Bertz CT molecular complexity index is 865. The smallest absolute Gasteiger partial charge is 0.407 e. The average Bonchev–Trinajstić information content (AvgIpc) is 2.64. The van der Waals surface area contributed by atoms with Crippen LogP contribution in [0.15, 0.2) is 24.3 Å². The topological polar surface area (TPSA) is 141 Å². The molecular weight excluding hydrogens is 388 g/mol. The van der Waals surface area contributed by atoms with Gasteiger partial charge in [0.1, 0.15) is 5.60 Å². The molecule has 0 saturated carbocycles.